The fourth-order valence-electron chi connectivity index (χ4n) is 5.80. The van der Waals surface area contributed by atoms with Gasteiger partial charge >= 0.3 is 6.72 Å². The van der Waals surface area contributed by atoms with E-state index in [-0.39, 0.29) is 36.6 Å². The monoisotopic (exact) mass is 746 g/mol. The minimum absolute atomic E-state index is 0.00525. The number of halogens is 1. The first-order valence-corrected chi connectivity index (χ1v) is 18.8. The lowest BCUT2D eigenvalue weighted by Crippen LogP contribution is -2.43. The standard InChI is InChI=1S/C31H32ClN6O10PS/c1-18(39)34-31-35-28-25(29(36-31)43-15-13-19-9-11-20(12-10-19)38(40)41)33-17-37(28)30-27(46-24-8-4-5-14-42-24)26-23(45-30)16-44-49(50,48-26)47-22-7-3-2-6-21(22)32/h2-3,6-7,9-12,17,23-24,26-27,30H,4-5,8,13-16H2,1H3,(H,34,35,36,39)/t23-,24?,26?,27?,30-,49?/m1/s1. The second-order valence-corrected chi connectivity index (χ2v) is 15.0. The van der Waals surface area contributed by atoms with Gasteiger partial charge < -0.3 is 23.5 Å². The number of nitro benzene ring substituents is 1. The van der Waals surface area contributed by atoms with Gasteiger partial charge in [-0.1, -0.05) is 35.9 Å². The molecule has 0 aliphatic carbocycles. The van der Waals surface area contributed by atoms with E-state index in [0.29, 0.717) is 41.4 Å². The van der Waals surface area contributed by atoms with Gasteiger partial charge in [0.1, 0.15) is 24.1 Å². The number of benzene rings is 2. The number of hydrogen-bond donors (Lipinski definition) is 1. The number of amides is 1. The number of carbonyl (C=O) groups excluding carboxylic acids is 1. The van der Waals surface area contributed by atoms with Crippen LogP contribution in [-0.4, -0.2) is 74.8 Å². The van der Waals surface area contributed by atoms with Crippen molar-refractivity contribution in [1.29, 1.82) is 0 Å². The summed E-state index contributed by atoms with van der Waals surface area (Å²) < 4.78 is 45.1. The number of rotatable bonds is 11. The summed E-state index contributed by atoms with van der Waals surface area (Å²) >= 11 is 12.1. The van der Waals surface area contributed by atoms with Crippen LogP contribution in [0.5, 0.6) is 11.6 Å². The molecular formula is C31H32ClN6O10PS. The molecule has 264 valence electrons. The summed E-state index contributed by atoms with van der Waals surface area (Å²) in [5.41, 5.74) is 1.41. The molecule has 50 heavy (non-hydrogen) atoms. The molecule has 5 heterocycles. The summed E-state index contributed by atoms with van der Waals surface area (Å²) in [7, 11) is 0. The van der Waals surface area contributed by atoms with Crippen molar-refractivity contribution < 1.29 is 42.2 Å². The number of carbonyl (C=O) groups is 1. The van der Waals surface area contributed by atoms with Crippen LogP contribution in [0.2, 0.25) is 5.02 Å². The van der Waals surface area contributed by atoms with E-state index in [1.54, 1.807) is 41.0 Å². The lowest BCUT2D eigenvalue weighted by atomic mass is 10.1. The third kappa shape index (κ3) is 7.60. The van der Waals surface area contributed by atoms with Crippen molar-refractivity contribution in [2.45, 2.75) is 63.4 Å². The minimum atomic E-state index is -3.36. The molecule has 7 rings (SSSR count). The Hall–Kier alpha value is -3.80. The number of imidazole rings is 1. The van der Waals surface area contributed by atoms with Crippen molar-refractivity contribution >= 4 is 58.8 Å². The smallest absolute Gasteiger partial charge is 0.381 e. The average Bonchev–Trinajstić information content (AvgIpc) is 3.67. The molecule has 0 bridgehead atoms. The van der Waals surface area contributed by atoms with E-state index in [9.17, 15) is 14.9 Å². The Bertz CT molecular complexity index is 1930. The van der Waals surface area contributed by atoms with Crippen LogP contribution in [0.4, 0.5) is 11.6 Å². The Labute approximate surface area is 295 Å². The Morgan fingerprint density at radius 3 is 2.76 bits per heavy atom. The van der Waals surface area contributed by atoms with Gasteiger partial charge in [0.05, 0.1) is 29.5 Å². The number of non-ortho nitro benzene ring substituents is 1. The first-order chi connectivity index (χ1) is 24.2. The largest absolute Gasteiger partial charge is 0.476 e. The summed E-state index contributed by atoms with van der Waals surface area (Å²) in [5.74, 6) is 0.0548. The molecule has 1 amide bonds. The molecule has 6 atom stereocenters. The lowest BCUT2D eigenvalue weighted by Gasteiger charge is -2.36. The summed E-state index contributed by atoms with van der Waals surface area (Å²) in [6.07, 6.45) is 1.00. The van der Waals surface area contributed by atoms with E-state index in [0.717, 1.165) is 18.4 Å². The van der Waals surface area contributed by atoms with Gasteiger partial charge in [-0.05, 0) is 37.0 Å². The number of fused-ring (bicyclic) bond motifs is 2. The topological polar surface area (TPSA) is 180 Å². The molecule has 4 unspecified atom stereocenters. The van der Waals surface area contributed by atoms with Crippen molar-refractivity contribution in [3.8, 4) is 11.6 Å². The Kier molecular flexibility index (Phi) is 10.3. The van der Waals surface area contributed by atoms with Crippen LogP contribution in [0.15, 0.2) is 54.9 Å². The average molecular weight is 747 g/mol. The number of nitrogens with zero attached hydrogens (tertiary/aromatic N) is 5. The van der Waals surface area contributed by atoms with Gasteiger partial charge in [0.25, 0.3) is 5.69 Å². The van der Waals surface area contributed by atoms with E-state index >= 15 is 0 Å². The highest BCUT2D eigenvalue weighted by atomic mass is 35.5. The van der Waals surface area contributed by atoms with Crippen molar-refractivity contribution in [1.82, 2.24) is 19.5 Å². The molecule has 3 aliphatic heterocycles. The first-order valence-electron chi connectivity index (χ1n) is 15.8. The highest BCUT2D eigenvalue weighted by Gasteiger charge is 2.54. The molecule has 3 saturated heterocycles. The molecule has 0 radical (unpaired) electrons. The SMILES string of the molecule is CC(=O)Nc1nc(OCCc2ccc([N+](=O)[O-])cc2)c2ncn([C@@H]3O[C@@H]4COP(=S)(Oc5ccccc5Cl)OC4C3OC3CCCCO3)c2n1. The van der Waals surface area contributed by atoms with Crippen molar-refractivity contribution in [3.05, 3.63) is 75.6 Å². The number of nitrogens with one attached hydrogen (secondary N) is 1. The number of nitro groups is 1. The van der Waals surface area contributed by atoms with Crippen molar-refractivity contribution in [2.24, 2.45) is 0 Å². The van der Waals surface area contributed by atoms with Gasteiger partial charge in [-0.15, -0.1) is 0 Å². The van der Waals surface area contributed by atoms with Crippen molar-refractivity contribution in [3.63, 3.8) is 0 Å². The van der Waals surface area contributed by atoms with E-state index < -0.39 is 42.5 Å². The minimum Gasteiger partial charge on any atom is -0.476 e. The summed E-state index contributed by atoms with van der Waals surface area (Å²) in [6.45, 7) is -1.25. The molecule has 3 fully saturated rings. The number of hydrogen-bond acceptors (Lipinski definition) is 14. The van der Waals surface area contributed by atoms with Crippen LogP contribution in [-0.2, 0) is 46.3 Å². The molecule has 1 N–H and O–H groups in total. The Balaban J connectivity index is 1.18. The van der Waals surface area contributed by atoms with E-state index in [4.69, 9.17) is 55.9 Å². The zero-order valence-electron chi connectivity index (χ0n) is 26.6. The molecule has 3 aliphatic rings. The van der Waals surface area contributed by atoms with Crippen LogP contribution >= 0.6 is 18.3 Å². The van der Waals surface area contributed by atoms with Gasteiger partial charge in [0.15, 0.2) is 23.7 Å². The fraction of sp³-hybridized carbons (Fsp3) is 0.419. The molecule has 0 spiro atoms. The highest BCUT2D eigenvalue weighted by molar-refractivity contribution is 8.07. The predicted molar refractivity (Wildman–Crippen MR) is 181 cm³/mol. The number of para-hydroxylation sites is 1. The van der Waals surface area contributed by atoms with Crippen LogP contribution in [0, 0.1) is 10.1 Å². The van der Waals surface area contributed by atoms with Gasteiger partial charge in [-0.2, -0.15) is 9.97 Å². The van der Waals surface area contributed by atoms with Crippen LogP contribution in [0.1, 0.15) is 38.0 Å². The third-order valence-corrected chi connectivity index (χ3v) is 10.7. The number of anilines is 1. The Morgan fingerprint density at radius 1 is 1.20 bits per heavy atom. The van der Waals surface area contributed by atoms with E-state index in [2.05, 4.69) is 20.3 Å². The predicted octanol–water partition coefficient (Wildman–Crippen LogP) is 5.50. The van der Waals surface area contributed by atoms with Crippen LogP contribution in [0.3, 0.4) is 0 Å². The highest BCUT2D eigenvalue weighted by Crippen LogP contribution is 2.58. The molecule has 4 aromatic rings. The maximum atomic E-state index is 12.1. The van der Waals surface area contributed by atoms with Crippen LogP contribution < -0.4 is 14.6 Å². The van der Waals surface area contributed by atoms with Gasteiger partial charge in [0.2, 0.25) is 17.7 Å². The molecule has 2 aromatic heterocycles. The molecule has 19 heteroatoms. The maximum Gasteiger partial charge on any atom is 0.381 e. The van der Waals surface area contributed by atoms with E-state index in [1.165, 1.54) is 25.4 Å². The van der Waals surface area contributed by atoms with Crippen LogP contribution in [0.25, 0.3) is 11.2 Å². The number of aromatic nitrogens is 4. The molecule has 2 aromatic carbocycles. The molecular weight excluding hydrogens is 715 g/mol. The fourth-order valence-corrected chi connectivity index (χ4v) is 8.19. The normalized spacial score (nSPS) is 26.3. The molecule has 0 saturated carbocycles. The number of ether oxygens (including phenoxy) is 4. The van der Waals surface area contributed by atoms with Gasteiger partial charge in [-0.25, -0.2) is 4.98 Å². The summed E-state index contributed by atoms with van der Waals surface area (Å²) in [5, 5.41) is 14.0. The third-order valence-electron chi connectivity index (χ3n) is 8.15. The van der Waals surface area contributed by atoms with Crippen molar-refractivity contribution in [2.75, 3.05) is 25.1 Å². The maximum absolute atomic E-state index is 12.1. The Morgan fingerprint density at radius 2 is 2.02 bits per heavy atom. The zero-order chi connectivity index (χ0) is 34.8. The second-order valence-electron chi connectivity index (χ2n) is 11.7. The zero-order valence-corrected chi connectivity index (χ0v) is 29.1. The van der Waals surface area contributed by atoms with Gasteiger partial charge in [-0.3, -0.25) is 33.8 Å². The van der Waals surface area contributed by atoms with Gasteiger partial charge in [0, 0.05) is 43.9 Å². The first kappa shape index (κ1) is 34.6. The second kappa shape index (κ2) is 14.8. The lowest BCUT2D eigenvalue weighted by molar-refractivity contribution is -0.384. The summed E-state index contributed by atoms with van der Waals surface area (Å²) in [6, 6.07) is 13.1. The summed E-state index contributed by atoms with van der Waals surface area (Å²) in [4.78, 5) is 36.2. The molecule has 16 nitrogen and oxygen atoms in total. The van der Waals surface area contributed by atoms with E-state index in [1.807, 2.05) is 0 Å². The quantitative estimate of drug-likeness (QED) is 0.116.